The number of amides is 1. The SMILES string of the molecule is O=C(NCCCCC(CO)CS)C1CCCC1C1CCCC1. The van der Waals surface area contributed by atoms with E-state index in [0.717, 1.165) is 43.9 Å². The van der Waals surface area contributed by atoms with E-state index in [2.05, 4.69) is 17.9 Å². The van der Waals surface area contributed by atoms with Crippen molar-refractivity contribution in [1.82, 2.24) is 5.32 Å². The second-order valence-electron chi connectivity index (χ2n) is 7.26. The monoisotopic (exact) mass is 327 g/mol. The Morgan fingerprint density at radius 3 is 2.59 bits per heavy atom. The molecule has 2 rings (SSSR count). The molecular weight excluding hydrogens is 294 g/mol. The molecule has 0 aromatic carbocycles. The normalized spacial score (nSPS) is 27.2. The van der Waals surface area contributed by atoms with E-state index >= 15 is 0 Å². The van der Waals surface area contributed by atoms with Crippen molar-refractivity contribution in [3.05, 3.63) is 0 Å². The van der Waals surface area contributed by atoms with Crippen molar-refractivity contribution >= 4 is 18.5 Å². The van der Waals surface area contributed by atoms with Crippen molar-refractivity contribution < 1.29 is 9.90 Å². The van der Waals surface area contributed by atoms with Crippen LogP contribution in [0.5, 0.6) is 0 Å². The van der Waals surface area contributed by atoms with E-state index in [1.54, 1.807) is 0 Å². The van der Waals surface area contributed by atoms with Crippen LogP contribution in [0.25, 0.3) is 0 Å². The number of thiol groups is 1. The molecule has 22 heavy (non-hydrogen) atoms. The first kappa shape index (κ1) is 18.1. The molecule has 0 heterocycles. The molecule has 0 spiro atoms. The third-order valence-electron chi connectivity index (χ3n) is 5.77. The van der Waals surface area contributed by atoms with Gasteiger partial charge in [0, 0.05) is 19.1 Å². The van der Waals surface area contributed by atoms with E-state index in [4.69, 9.17) is 5.11 Å². The van der Waals surface area contributed by atoms with Gasteiger partial charge in [-0.05, 0) is 49.2 Å². The molecule has 3 unspecified atom stereocenters. The standard InChI is InChI=1S/C18H33NO2S/c20-12-14(13-22)6-3-4-11-19-18(21)17-10-5-9-16(17)15-7-1-2-8-15/h14-17,20,22H,1-13H2,(H,19,21). The lowest BCUT2D eigenvalue weighted by Crippen LogP contribution is -2.35. The summed E-state index contributed by atoms with van der Waals surface area (Å²) in [6.45, 7) is 1.01. The molecular formula is C18H33NO2S. The van der Waals surface area contributed by atoms with Gasteiger partial charge in [0.25, 0.3) is 0 Å². The van der Waals surface area contributed by atoms with Crippen molar-refractivity contribution in [3.8, 4) is 0 Å². The highest BCUT2D eigenvalue weighted by atomic mass is 32.1. The summed E-state index contributed by atoms with van der Waals surface area (Å²) in [6.07, 6.45) is 12.1. The van der Waals surface area contributed by atoms with Crippen LogP contribution < -0.4 is 5.32 Å². The van der Waals surface area contributed by atoms with E-state index < -0.39 is 0 Å². The zero-order valence-corrected chi connectivity index (χ0v) is 14.7. The Morgan fingerprint density at radius 1 is 1.14 bits per heavy atom. The molecule has 4 heteroatoms. The lowest BCUT2D eigenvalue weighted by Gasteiger charge is -2.24. The maximum Gasteiger partial charge on any atom is 0.223 e. The molecule has 0 bridgehead atoms. The molecule has 0 radical (unpaired) electrons. The third-order valence-corrected chi connectivity index (χ3v) is 6.28. The topological polar surface area (TPSA) is 49.3 Å². The Balaban J connectivity index is 1.64. The number of aliphatic hydroxyl groups excluding tert-OH is 1. The fourth-order valence-corrected chi connectivity index (χ4v) is 4.70. The zero-order chi connectivity index (χ0) is 15.8. The number of nitrogens with one attached hydrogen (secondary N) is 1. The zero-order valence-electron chi connectivity index (χ0n) is 13.8. The third kappa shape index (κ3) is 5.16. The van der Waals surface area contributed by atoms with Crippen LogP contribution in [0.2, 0.25) is 0 Å². The van der Waals surface area contributed by atoms with Crippen LogP contribution in [0.4, 0.5) is 0 Å². The summed E-state index contributed by atoms with van der Waals surface area (Å²) in [5.41, 5.74) is 0. The second-order valence-corrected chi connectivity index (χ2v) is 7.63. The van der Waals surface area contributed by atoms with Gasteiger partial charge in [-0.15, -0.1) is 0 Å². The second kappa shape index (κ2) is 9.82. The number of carbonyl (C=O) groups is 1. The summed E-state index contributed by atoms with van der Waals surface area (Å²) in [7, 11) is 0. The number of carbonyl (C=O) groups excluding carboxylic acids is 1. The van der Waals surface area contributed by atoms with E-state index in [1.807, 2.05) is 0 Å². The average Bonchev–Trinajstić information content (AvgIpc) is 3.21. The van der Waals surface area contributed by atoms with Crippen molar-refractivity contribution in [3.63, 3.8) is 0 Å². The summed E-state index contributed by atoms with van der Waals surface area (Å²) in [5, 5.41) is 12.3. The first-order valence-corrected chi connectivity index (χ1v) is 9.89. The Kier molecular flexibility index (Phi) is 8.09. The fraction of sp³-hybridized carbons (Fsp3) is 0.944. The van der Waals surface area contributed by atoms with Gasteiger partial charge < -0.3 is 10.4 Å². The predicted molar refractivity (Wildman–Crippen MR) is 94.1 cm³/mol. The van der Waals surface area contributed by atoms with Crippen molar-refractivity contribution in [1.29, 1.82) is 0 Å². The molecule has 3 atom stereocenters. The average molecular weight is 328 g/mol. The minimum absolute atomic E-state index is 0.223. The van der Waals surface area contributed by atoms with E-state index in [0.29, 0.717) is 17.7 Å². The van der Waals surface area contributed by atoms with Crippen molar-refractivity contribution in [2.45, 2.75) is 64.2 Å². The maximum atomic E-state index is 12.5. The van der Waals surface area contributed by atoms with Crippen LogP contribution in [0.15, 0.2) is 0 Å². The number of rotatable bonds is 9. The molecule has 2 aliphatic carbocycles. The molecule has 0 aromatic heterocycles. The van der Waals surface area contributed by atoms with Gasteiger partial charge in [-0.25, -0.2) is 0 Å². The molecule has 0 aliphatic heterocycles. The predicted octanol–water partition coefficient (Wildman–Crippen LogP) is 3.42. The molecule has 2 saturated carbocycles. The lowest BCUT2D eigenvalue weighted by molar-refractivity contribution is -0.126. The smallest absolute Gasteiger partial charge is 0.223 e. The maximum absolute atomic E-state index is 12.5. The lowest BCUT2D eigenvalue weighted by atomic mass is 9.82. The van der Waals surface area contributed by atoms with E-state index in [1.165, 1.54) is 38.5 Å². The highest BCUT2D eigenvalue weighted by molar-refractivity contribution is 7.80. The Bertz CT molecular complexity index is 327. The Labute approximate surface area is 141 Å². The summed E-state index contributed by atoms with van der Waals surface area (Å²) >= 11 is 4.24. The Hall–Kier alpha value is -0.220. The van der Waals surface area contributed by atoms with Gasteiger partial charge in [0.15, 0.2) is 0 Å². The van der Waals surface area contributed by atoms with E-state index in [-0.39, 0.29) is 12.5 Å². The van der Waals surface area contributed by atoms with Crippen LogP contribution in [-0.4, -0.2) is 29.9 Å². The van der Waals surface area contributed by atoms with Crippen LogP contribution in [-0.2, 0) is 4.79 Å². The highest BCUT2D eigenvalue weighted by Gasteiger charge is 2.38. The molecule has 2 fully saturated rings. The molecule has 1 amide bonds. The van der Waals surface area contributed by atoms with Gasteiger partial charge in [-0.3, -0.25) is 4.79 Å². The van der Waals surface area contributed by atoms with Gasteiger partial charge in [-0.1, -0.05) is 38.5 Å². The minimum Gasteiger partial charge on any atom is -0.396 e. The molecule has 0 saturated heterocycles. The highest BCUT2D eigenvalue weighted by Crippen LogP contribution is 2.43. The van der Waals surface area contributed by atoms with Crippen LogP contribution in [0, 0.1) is 23.7 Å². The number of hydrogen-bond donors (Lipinski definition) is 3. The van der Waals surface area contributed by atoms with Gasteiger partial charge in [0.2, 0.25) is 5.91 Å². The van der Waals surface area contributed by atoms with Crippen LogP contribution >= 0.6 is 12.6 Å². The fourth-order valence-electron chi connectivity index (χ4n) is 4.41. The molecule has 2 N–H and O–H groups in total. The van der Waals surface area contributed by atoms with Gasteiger partial charge in [0.1, 0.15) is 0 Å². The van der Waals surface area contributed by atoms with E-state index in [9.17, 15) is 4.79 Å². The van der Waals surface area contributed by atoms with Gasteiger partial charge in [0.05, 0.1) is 0 Å². The molecule has 3 nitrogen and oxygen atoms in total. The summed E-state index contributed by atoms with van der Waals surface area (Å²) < 4.78 is 0. The Morgan fingerprint density at radius 2 is 1.91 bits per heavy atom. The van der Waals surface area contributed by atoms with Crippen molar-refractivity contribution in [2.75, 3.05) is 18.9 Å². The first-order valence-electron chi connectivity index (χ1n) is 9.25. The quantitative estimate of drug-likeness (QED) is 0.449. The number of aliphatic hydroxyl groups is 1. The van der Waals surface area contributed by atoms with Gasteiger partial charge >= 0.3 is 0 Å². The molecule has 0 aromatic rings. The first-order chi connectivity index (χ1) is 10.8. The number of hydrogen-bond acceptors (Lipinski definition) is 3. The van der Waals surface area contributed by atoms with Gasteiger partial charge in [-0.2, -0.15) is 12.6 Å². The minimum atomic E-state index is 0.223. The number of unbranched alkanes of at least 4 members (excludes halogenated alkanes) is 1. The summed E-state index contributed by atoms with van der Waals surface area (Å²) in [6, 6.07) is 0. The van der Waals surface area contributed by atoms with Crippen molar-refractivity contribution in [2.24, 2.45) is 23.7 Å². The van der Waals surface area contributed by atoms with Crippen LogP contribution in [0.3, 0.4) is 0 Å². The molecule has 2 aliphatic rings. The summed E-state index contributed by atoms with van der Waals surface area (Å²) in [5.74, 6) is 3.12. The molecule has 128 valence electrons. The largest absolute Gasteiger partial charge is 0.396 e. The summed E-state index contributed by atoms with van der Waals surface area (Å²) in [4.78, 5) is 12.5. The van der Waals surface area contributed by atoms with Crippen LogP contribution in [0.1, 0.15) is 64.2 Å².